The summed E-state index contributed by atoms with van der Waals surface area (Å²) in [5, 5.41) is 13.0. The van der Waals surface area contributed by atoms with Crippen LogP contribution in [0.5, 0.6) is 5.75 Å². The molecule has 0 aliphatic carbocycles. The average Bonchev–Trinajstić information content (AvgIpc) is 3.66. The van der Waals surface area contributed by atoms with Gasteiger partial charge in [-0.1, -0.05) is 0 Å². The molecule has 0 saturated carbocycles. The Kier molecular flexibility index (Phi) is 5.17. The molecular weight excluding hydrogens is 466 g/mol. The van der Waals surface area contributed by atoms with Crippen LogP contribution in [0, 0.1) is 6.92 Å². The molecule has 6 aromatic heterocycles. The molecule has 1 saturated heterocycles. The molecule has 1 aliphatic heterocycles. The number of hydrogen-bond donors (Lipinski definition) is 3. The summed E-state index contributed by atoms with van der Waals surface area (Å²) in [7, 11) is 0. The van der Waals surface area contributed by atoms with E-state index >= 15 is 0 Å². The van der Waals surface area contributed by atoms with Crippen LogP contribution in [-0.4, -0.2) is 58.9 Å². The lowest BCUT2D eigenvalue weighted by Gasteiger charge is -2.23. The molecule has 7 rings (SSSR count). The van der Waals surface area contributed by atoms with Gasteiger partial charge < -0.3 is 19.6 Å². The van der Waals surface area contributed by atoms with Crippen LogP contribution in [0.25, 0.3) is 50.3 Å². The summed E-state index contributed by atoms with van der Waals surface area (Å²) < 4.78 is 8.21. The minimum absolute atomic E-state index is 0.209. The Morgan fingerprint density at radius 3 is 2.78 bits per heavy atom. The molecule has 3 N–H and O–H groups in total. The molecule has 10 nitrogen and oxygen atoms in total. The van der Waals surface area contributed by atoms with Crippen molar-refractivity contribution in [3.05, 3.63) is 67.3 Å². The van der Waals surface area contributed by atoms with E-state index in [-0.39, 0.29) is 6.10 Å². The van der Waals surface area contributed by atoms with Gasteiger partial charge in [-0.15, -0.1) is 0 Å². The number of piperidine rings is 1. The van der Waals surface area contributed by atoms with Crippen molar-refractivity contribution in [2.75, 3.05) is 13.1 Å². The lowest BCUT2D eigenvalue weighted by molar-refractivity contribution is 0.162. The maximum atomic E-state index is 6.20. The van der Waals surface area contributed by atoms with Gasteiger partial charge in [0.15, 0.2) is 0 Å². The van der Waals surface area contributed by atoms with Crippen molar-refractivity contribution in [1.29, 1.82) is 0 Å². The molecule has 0 spiro atoms. The van der Waals surface area contributed by atoms with Gasteiger partial charge in [0.1, 0.15) is 23.2 Å². The number of H-pyrrole nitrogens is 2. The highest BCUT2D eigenvalue weighted by Crippen LogP contribution is 2.32. The Morgan fingerprint density at radius 2 is 1.92 bits per heavy atom. The largest absolute Gasteiger partial charge is 0.489 e. The maximum Gasteiger partial charge on any atom is 0.139 e. The highest BCUT2D eigenvalue weighted by atomic mass is 16.5. The number of hydrogen-bond acceptors (Lipinski definition) is 7. The second-order valence-electron chi connectivity index (χ2n) is 9.36. The van der Waals surface area contributed by atoms with E-state index in [9.17, 15) is 0 Å². The fourth-order valence-electron chi connectivity index (χ4n) is 4.93. The topological polar surface area (TPSA) is 122 Å². The summed E-state index contributed by atoms with van der Waals surface area (Å²) >= 11 is 0. The molecule has 0 radical (unpaired) electrons. The highest BCUT2D eigenvalue weighted by Gasteiger charge is 2.17. The van der Waals surface area contributed by atoms with Crippen LogP contribution in [-0.2, 0) is 0 Å². The monoisotopic (exact) mass is 491 g/mol. The van der Waals surface area contributed by atoms with Crippen LogP contribution >= 0.6 is 0 Å². The Labute approximate surface area is 212 Å². The summed E-state index contributed by atoms with van der Waals surface area (Å²) in [4.78, 5) is 21.4. The van der Waals surface area contributed by atoms with E-state index in [1.165, 1.54) is 0 Å². The first kappa shape index (κ1) is 21.7. The first-order valence-electron chi connectivity index (χ1n) is 12.4. The number of nitrogens with zero attached hydrogens (tertiary/aromatic N) is 6. The molecule has 0 atom stereocenters. The Bertz CT molecular complexity index is 1720. The predicted molar refractivity (Wildman–Crippen MR) is 141 cm³/mol. The second kappa shape index (κ2) is 8.82. The molecule has 0 bridgehead atoms. The number of aromatic nitrogens is 8. The number of rotatable bonds is 5. The minimum Gasteiger partial charge on any atom is -0.489 e. The number of aromatic amines is 2. The van der Waals surface area contributed by atoms with Crippen LogP contribution in [0.4, 0.5) is 0 Å². The van der Waals surface area contributed by atoms with Gasteiger partial charge in [0.25, 0.3) is 0 Å². The van der Waals surface area contributed by atoms with Crippen LogP contribution in [0.3, 0.4) is 0 Å². The average molecular weight is 492 g/mol. The van der Waals surface area contributed by atoms with Gasteiger partial charge >= 0.3 is 0 Å². The van der Waals surface area contributed by atoms with E-state index in [0.717, 1.165) is 87.6 Å². The third-order valence-electron chi connectivity index (χ3n) is 6.80. The SMILES string of the molecule is Cc1cn(-c2ccnc3[nH]c(-c4n[nH]c5cnc(-c6cncc(OC7CCNCC7)c6)cc45)cc23)cn1. The number of ether oxygens (including phenoxy) is 1. The maximum absolute atomic E-state index is 6.20. The predicted octanol–water partition coefficient (Wildman–Crippen LogP) is 4.19. The number of pyridine rings is 3. The van der Waals surface area contributed by atoms with Crippen molar-refractivity contribution in [3.8, 4) is 34.1 Å². The van der Waals surface area contributed by atoms with Gasteiger partial charge in [-0.2, -0.15) is 5.10 Å². The number of fused-ring (bicyclic) bond motifs is 2. The quantitative estimate of drug-likeness (QED) is 0.331. The van der Waals surface area contributed by atoms with E-state index < -0.39 is 0 Å². The molecular formula is C27H25N9O. The molecule has 0 aromatic carbocycles. The fourth-order valence-corrected chi connectivity index (χ4v) is 4.93. The smallest absolute Gasteiger partial charge is 0.139 e. The number of imidazole rings is 1. The zero-order chi connectivity index (χ0) is 24.8. The standard InChI is InChI=1S/C27H25N9O/c1-16-14-36(15-32-16)25-4-7-30-27-21(25)10-23(33-27)26-20-9-22(31-13-24(20)34-35-26)17-8-19(12-29-11-17)37-18-2-5-28-6-3-18/h4,7-15,18,28H,2-3,5-6H2,1H3,(H,30,33)(H,34,35). The van der Waals surface area contributed by atoms with E-state index in [2.05, 4.69) is 46.5 Å². The molecule has 6 aromatic rings. The van der Waals surface area contributed by atoms with Crippen molar-refractivity contribution < 1.29 is 4.74 Å². The van der Waals surface area contributed by atoms with Gasteiger partial charge in [0.05, 0.1) is 47.0 Å². The van der Waals surface area contributed by atoms with Crippen molar-refractivity contribution in [3.63, 3.8) is 0 Å². The summed E-state index contributed by atoms with van der Waals surface area (Å²) in [6, 6.07) is 8.11. The van der Waals surface area contributed by atoms with E-state index in [4.69, 9.17) is 4.74 Å². The Morgan fingerprint density at radius 1 is 1.00 bits per heavy atom. The minimum atomic E-state index is 0.209. The van der Waals surface area contributed by atoms with Crippen LogP contribution in [0.2, 0.25) is 0 Å². The van der Waals surface area contributed by atoms with Crippen molar-refractivity contribution in [2.24, 2.45) is 0 Å². The number of aryl methyl sites for hydroxylation is 1. The highest BCUT2D eigenvalue weighted by molar-refractivity contribution is 5.97. The normalized spacial score (nSPS) is 14.5. The third kappa shape index (κ3) is 4.01. The Balaban J connectivity index is 1.26. The zero-order valence-electron chi connectivity index (χ0n) is 20.3. The van der Waals surface area contributed by atoms with Crippen LogP contribution < -0.4 is 10.1 Å². The zero-order valence-corrected chi connectivity index (χ0v) is 20.3. The van der Waals surface area contributed by atoms with E-state index in [0.29, 0.717) is 0 Å². The molecule has 184 valence electrons. The third-order valence-corrected chi connectivity index (χ3v) is 6.80. The molecule has 37 heavy (non-hydrogen) atoms. The molecule has 0 amide bonds. The molecule has 0 unspecified atom stereocenters. The second-order valence-corrected chi connectivity index (χ2v) is 9.36. The van der Waals surface area contributed by atoms with Gasteiger partial charge in [0.2, 0.25) is 0 Å². The molecule has 7 heterocycles. The van der Waals surface area contributed by atoms with E-state index in [1.54, 1.807) is 12.4 Å². The first-order valence-corrected chi connectivity index (χ1v) is 12.4. The van der Waals surface area contributed by atoms with Gasteiger partial charge in [-0.3, -0.25) is 15.1 Å². The summed E-state index contributed by atoms with van der Waals surface area (Å²) in [5.41, 5.74) is 6.99. The lowest BCUT2D eigenvalue weighted by atomic mass is 10.1. The van der Waals surface area contributed by atoms with Crippen molar-refractivity contribution in [2.45, 2.75) is 25.9 Å². The van der Waals surface area contributed by atoms with Crippen molar-refractivity contribution in [1.82, 2.24) is 45.0 Å². The Hall–Kier alpha value is -4.57. The van der Waals surface area contributed by atoms with Crippen LogP contribution in [0.1, 0.15) is 18.5 Å². The number of nitrogens with one attached hydrogen (secondary N) is 3. The molecule has 10 heteroatoms. The fraction of sp³-hybridized carbons (Fsp3) is 0.222. The lowest BCUT2D eigenvalue weighted by Crippen LogP contribution is -2.34. The van der Waals surface area contributed by atoms with Gasteiger partial charge in [-0.05, 0) is 57.1 Å². The molecule has 1 fully saturated rings. The summed E-state index contributed by atoms with van der Waals surface area (Å²) in [6.07, 6.45) is 13.2. The van der Waals surface area contributed by atoms with Gasteiger partial charge in [-0.25, -0.2) is 9.97 Å². The summed E-state index contributed by atoms with van der Waals surface area (Å²) in [6.45, 7) is 3.93. The van der Waals surface area contributed by atoms with E-state index in [1.807, 2.05) is 54.6 Å². The van der Waals surface area contributed by atoms with Gasteiger partial charge in [0, 0.05) is 34.9 Å². The molecule has 1 aliphatic rings. The summed E-state index contributed by atoms with van der Waals surface area (Å²) in [5.74, 6) is 0.766. The first-order chi connectivity index (χ1) is 18.2. The van der Waals surface area contributed by atoms with Crippen molar-refractivity contribution >= 4 is 21.9 Å². The van der Waals surface area contributed by atoms with Crippen LogP contribution in [0.15, 0.2) is 61.6 Å².